The molecule has 0 aromatic heterocycles. The minimum absolute atomic E-state index is 0.0285. The van der Waals surface area contributed by atoms with Crippen LogP contribution in [-0.4, -0.2) is 61.3 Å². The number of carbonyl (C=O) groups is 1. The average molecular weight is 338 g/mol. The van der Waals surface area contributed by atoms with Gasteiger partial charge in [-0.25, -0.2) is 4.79 Å². The summed E-state index contributed by atoms with van der Waals surface area (Å²) < 4.78 is 5.39. The van der Waals surface area contributed by atoms with Crippen molar-refractivity contribution in [3.8, 4) is 0 Å². The zero-order valence-corrected chi connectivity index (χ0v) is 14.1. The highest BCUT2D eigenvalue weighted by molar-refractivity contribution is 6.30. The predicted octanol–water partition coefficient (Wildman–Crippen LogP) is 2.35. The van der Waals surface area contributed by atoms with Crippen molar-refractivity contribution in [3.63, 3.8) is 0 Å². The highest BCUT2D eigenvalue weighted by atomic mass is 35.5. The zero-order chi connectivity index (χ0) is 16.1. The maximum atomic E-state index is 12.5. The van der Waals surface area contributed by atoms with Crippen LogP contribution in [0.4, 0.5) is 4.79 Å². The Kier molecular flexibility index (Phi) is 5.75. The third-order valence-corrected chi connectivity index (χ3v) is 4.78. The Morgan fingerprint density at radius 1 is 1.30 bits per heavy atom. The molecule has 0 radical (unpaired) electrons. The van der Waals surface area contributed by atoms with Crippen LogP contribution in [0.3, 0.4) is 0 Å². The van der Waals surface area contributed by atoms with Crippen molar-refractivity contribution in [3.05, 3.63) is 34.9 Å². The molecule has 2 heterocycles. The molecule has 6 heteroatoms. The molecule has 0 aliphatic carbocycles. The number of benzene rings is 1. The first-order chi connectivity index (χ1) is 11.2. The highest BCUT2D eigenvalue weighted by Gasteiger charge is 2.30. The van der Waals surface area contributed by atoms with E-state index in [4.69, 9.17) is 16.3 Å². The minimum Gasteiger partial charge on any atom is -0.379 e. The van der Waals surface area contributed by atoms with Crippen LogP contribution >= 0.6 is 11.6 Å². The SMILES string of the molecule is O=C(NCc1cccc(Cl)c1)N1CCCC1CN1CCOCC1. The van der Waals surface area contributed by atoms with Crippen LogP contribution < -0.4 is 5.32 Å². The number of hydrogen-bond acceptors (Lipinski definition) is 3. The first kappa shape index (κ1) is 16.6. The fraction of sp³-hybridized carbons (Fsp3) is 0.588. The van der Waals surface area contributed by atoms with Crippen molar-refractivity contribution >= 4 is 17.6 Å². The Bertz CT molecular complexity index is 534. The van der Waals surface area contributed by atoms with Gasteiger partial charge in [-0.2, -0.15) is 0 Å². The summed E-state index contributed by atoms with van der Waals surface area (Å²) in [7, 11) is 0. The van der Waals surface area contributed by atoms with E-state index in [-0.39, 0.29) is 6.03 Å². The summed E-state index contributed by atoms with van der Waals surface area (Å²) in [5.74, 6) is 0. The van der Waals surface area contributed by atoms with E-state index in [9.17, 15) is 4.79 Å². The first-order valence-electron chi connectivity index (χ1n) is 8.31. The molecule has 1 unspecified atom stereocenters. The topological polar surface area (TPSA) is 44.8 Å². The molecule has 2 saturated heterocycles. The molecule has 126 valence electrons. The quantitative estimate of drug-likeness (QED) is 0.917. The Morgan fingerprint density at radius 3 is 2.91 bits per heavy atom. The number of ether oxygens (including phenoxy) is 1. The number of nitrogens with zero attached hydrogens (tertiary/aromatic N) is 2. The van der Waals surface area contributed by atoms with Gasteiger partial charge in [0.15, 0.2) is 0 Å². The lowest BCUT2D eigenvalue weighted by atomic mass is 10.2. The van der Waals surface area contributed by atoms with Gasteiger partial charge in [0, 0.05) is 43.8 Å². The summed E-state index contributed by atoms with van der Waals surface area (Å²) in [6, 6.07) is 7.94. The smallest absolute Gasteiger partial charge is 0.317 e. The fourth-order valence-corrected chi connectivity index (χ4v) is 3.51. The Hall–Kier alpha value is -1.30. The van der Waals surface area contributed by atoms with Gasteiger partial charge in [-0.15, -0.1) is 0 Å². The molecule has 2 aliphatic rings. The Balaban J connectivity index is 1.51. The van der Waals surface area contributed by atoms with E-state index in [0.717, 1.165) is 57.8 Å². The second kappa shape index (κ2) is 7.99. The standard InChI is InChI=1S/C17H24ClN3O2/c18-15-4-1-3-14(11-15)12-19-17(22)21-6-2-5-16(21)13-20-7-9-23-10-8-20/h1,3-4,11,16H,2,5-10,12-13H2,(H,19,22). The van der Waals surface area contributed by atoms with Gasteiger partial charge in [0.1, 0.15) is 0 Å². The molecule has 2 amide bonds. The van der Waals surface area contributed by atoms with E-state index in [1.54, 1.807) is 0 Å². The summed E-state index contributed by atoms with van der Waals surface area (Å²) in [6.45, 7) is 5.84. The maximum absolute atomic E-state index is 12.5. The largest absolute Gasteiger partial charge is 0.379 e. The van der Waals surface area contributed by atoms with Crippen LogP contribution in [0.2, 0.25) is 5.02 Å². The van der Waals surface area contributed by atoms with E-state index < -0.39 is 0 Å². The number of likely N-dealkylation sites (tertiary alicyclic amines) is 1. The van der Waals surface area contributed by atoms with Gasteiger partial charge in [-0.05, 0) is 30.5 Å². The second-order valence-corrected chi connectivity index (χ2v) is 6.63. The summed E-state index contributed by atoms with van der Waals surface area (Å²) in [4.78, 5) is 16.9. The highest BCUT2D eigenvalue weighted by Crippen LogP contribution is 2.19. The zero-order valence-electron chi connectivity index (χ0n) is 13.3. The maximum Gasteiger partial charge on any atom is 0.317 e. The molecule has 0 saturated carbocycles. The summed E-state index contributed by atoms with van der Waals surface area (Å²) in [6.07, 6.45) is 2.17. The van der Waals surface area contributed by atoms with E-state index >= 15 is 0 Å². The molecule has 2 aliphatic heterocycles. The third-order valence-electron chi connectivity index (χ3n) is 4.54. The van der Waals surface area contributed by atoms with Crippen LogP contribution in [0, 0.1) is 0 Å². The van der Waals surface area contributed by atoms with E-state index in [0.29, 0.717) is 17.6 Å². The lowest BCUT2D eigenvalue weighted by Gasteiger charge is -2.33. The second-order valence-electron chi connectivity index (χ2n) is 6.19. The van der Waals surface area contributed by atoms with Crippen molar-refractivity contribution in [2.45, 2.75) is 25.4 Å². The van der Waals surface area contributed by atoms with Crippen LogP contribution in [0.1, 0.15) is 18.4 Å². The minimum atomic E-state index is 0.0285. The fourth-order valence-electron chi connectivity index (χ4n) is 3.30. The number of amides is 2. The molecule has 1 aromatic carbocycles. The Morgan fingerprint density at radius 2 is 2.13 bits per heavy atom. The van der Waals surface area contributed by atoms with Gasteiger partial charge in [-0.1, -0.05) is 23.7 Å². The number of nitrogens with one attached hydrogen (secondary N) is 1. The van der Waals surface area contributed by atoms with Gasteiger partial charge in [-0.3, -0.25) is 4.90 Å². The summed E-state index contributed by atoms with van der Waals surface area (Å²) in [5, 5.41) is 3.72. The molecule has 1 aromatic rings. The van der Waals surface area contributed by atoms with E-state index in [1.807, 2.05) is 29.2 Å². The van der Waals surface area contributed by atoms with Gasteiger partial charge in [0.05, 0.1) is 13.2 Å². The van der Waals surface area contributed by atoms with E-state index in [1.165, 1.54) is 0 Å². The first-order valence-corrected chi connectivity index (χ1v) is 8.69. The summed E-state index contributed by atoms with van der Waals surface area (Å²) in [5.41, 5.74) is 1.02. The molecular weight excluding hydrogens is 314 g/mol. The molecule has 23 heavy (non-hydrogen) atoms. The van der Waals surface area contributed by atoms with Crippen molar-refractivity contribution in [2.24, 2.45) is 0 Å². The van der Waals surface area contributed by atoms with Crippen molar-refractivity contribution in [1.29, 1.82) is 0 Å². The number of rotatable bonds is 4. The normalized spacial score (nSPS) is 22.3. The molecule has 1 atom stereocenters. The van der Waals surface area contributed by atoms with Crippen molar-refractivity contribution in [1.82, 2.24) is 15.1 Å². The summed E-state index contributed by atoms with van der Waals surface area (Å²) >= 11 is 5.98. The molecule has 5 nitrogen and oxygen atoms in total. The number of carbonyl (C=O) groups excluding carboxylic acids is 1. The molecular formula is C17H24ClN3O2. The lowest BCUT2D eigenvalue weighted by molar-refractivity contribution is 0.0292. The molecule has 3 rings (SSSR count). The van der Waals surface area contributed by atoms with Gasteiger partial charge < -0.3 is 15.0 Å². The molecule has 0 bridgehead atoms. The number of urea groups is 1. The van der Waals surface area contributed by atoms with Crippen LogP contribution in [0.15, 0.2) is 24.3 Å². The molecule has 1 N–H and O–H groups in total. The van der Waals surface area contributed by atoms with Crippen LogP contribution in [-0.2, 0) is 11.3 Å². The number of halogens is 1. The van der Waals surface area contributed by atoms with Gasteiger partial charge in [0.2, 0.25) is 0 Å². The van der Waals surface area contributed by atoms with Crippen LogP contribution in [0.5, 0.6) is 0 Å². The monoisotopic (exact) mass is 337 g/mol. The molecule has 0 spiro atoms. The van der Waals surface area contributed by atoms with Gasteiger partial charge >= 0.3 is 6.03 Å². The van der Waals surface area contributed by atoms with E-state index in [2.05, 4.69) is 10.2 Å². The average Bonchev–Trinajstić information content (AvgIpc) is 3.02. The predicted molar refractivity (Wildman–Crippen MR) is 90.7 cm³/mol. The van der Waals surface area contributed by atoms with Crippen LogP contribution in [0.25, 0.3) is 0 Å². The Labute approximate surface area is 142 Å². The number of morpholine rings is 1. The molecule has 2 fully saturated rings. The van der Waals surface area contributed by atoms with Crippen molar-refractivity contribution in [2.75, 3.05) is 39.4 Å². The van der Waals surface area contributed by atoms with Gasteiger partial charge in [0.25, 0.3) is 0 Å². The number of hydrogen-bond donors (Lipinski definition) is 1. The van der Waals surface area contributed by atoms with Crippen molar-refractivity contribution < 1.29 is 9.53 Å². The third kappa shape index (κ3) is 4.59. The lowest BCUT2D eigenvalue weighted by Crippen LogP contribution is -2.49.